The molecule has 0 aliphatic heterocycles. The van der Waals surface area contributed by atoms with E-state index >= 15 is 0 Å². The lowest BCUT2D eigenvalue weighted by atomic mass is 10.2. The van der Waals surface area contributed by atoms with Crippen LogP contribution in [0.3, 0.4) is 0 Å². The number of fused-ring (bicyclic) bond motifs is 1. The van der Waals surface area contributed by atoms with Crippen LogP contribution in [0, 0.1) is 13.8 Å². The highest BCUT2D eigenvalue weighted by atomic mass is 32.1. The molecule has 1 amide bonds. The van der Waals surface area contributed by atoms with Crippen molar-refractivity contribution in [1.82, 2.24) is 9.55 Å². The normalized spacial score (nSPS) is 10.9. The maximum absolute atomic E-state index is 12.9. The van der Waals surface area contributed by atoms with Crippen LogP contribution in [-0.4, -0.2) is 15.5 Å². The number of para-hydroxylation sites is 1. The highest BCUT2D eigenvalue weighted by molar-refractivity contribution is 7.12. The molecule has 0 radical (unpaired) electrons. The van der Waals surface area contributed by atoms with Gasteiger partial charge in [0.05, 0.1) is 21.5 Å². The number of carbonyl (C=O) groups is 1. The van der Waals surface area contributed by atoms with Gasteiger partial charge < -0.3 is 5.32 Å². The van der Waals surface area contributed by atoms with Gasteiger partial charge in [0.25, 0.3) is 11.5 Å². The molecule has 0 unspecified atom stereocenters. The van der Waals surface area contributed by atoms with Crippen LogP contribution in [-0.2, 0) is 0 Å². The van der Waals surface area contributed by atoms with Crippen LogP contribution in [0.5, 0.6) is 0 Å². The first-order chi connectivity index (χ1) is 13.0. The van der Waals surface area contributed by atoms with Crippen LogP contribution in [0.15, 0.2) is 64.8 Å². The zero-order valence-electron chi connectivity index (χ0n) is 14.9. The smallest absolute Gasteiger partial charge is 0.265 e. The number of rotatable bonds is 3. The van der Waals surface area contributed by atoms with Gasteiger partial charge in [-0.2, -0.15) is 0 Å². The van der Waals surface area contributed by atoms with Crippen molar-refractivity contribution in [3.05, 3.63) is 86.6 Å². The molecule has 0 atom stereocenters. The third-order valence-corrected chi connectivity index (χ3v) is 5.41. The number of thiophene rings is 1. The Morgan fingerprint density at radius 1 is 1.04 bits per heavy atom. The molecule has 0 spiro atoms. The largest absolute Gasteiger partial charge is 0.321 e. The molecule has 2 heterocycles. The first-order valence-corrected chi connectivity index (χ1v) is 9.37. The number of nitrogens with zero attached hydrogens (tertiary/aromatic N) is 2. The summed E-state index contributed by atoms with van der Waals surface area (Å²) in [4.78, 5) is 30.4. The summed E-state index contributed by atoms with van der Waals surface area (Å²) in [5.74, 6) is 0.487. The molecule has 2 aromatic carbocycles. The third-order valence-electron chi connectivity index (χ3n) is 4.40. The summed E-state index contributed by atoms with van der Waals surface area (Å²) >= 11 is 1.42. The molecule has 0 saturated heterocycles. The molecule has 0 aliphatic rings. The van der Waals surface area contributed by atoms with E-state index in [1.54, 1.807) is 22.8 Å². The van der Waals surface area contributed by atoms with E-state index in [2.05, 4.69) is 10.3 Å². The van der Waals surface area contributed by atoms with Gasteiger partial charge in [0.15, 0.2) is 0 Å². The lowest BCUT2D eigenvalue weighted by molar-refractivity contribution is 0.103. The molecule has 6 heteroatoms. The summed E-state index contributed by atoms with van der Waals surface area (Å²) in [6, 6.07) is 16.4. The molecule has 0 bridgehead atoms. The van der Waals surface area contributed by atoms with Crippen LogP contribution < -0.4 is 10.9 Å². The molecule has 4 rings (SSSR count). The van der Waals surface area contributed by atoms with Gasteiger partial charge in [0.2, 0.25) is 0 Å². The Kier molecular flexibility index (Phi) is 4.33. The monoisotopic (exact) mass is 375 g/mol. The Morgan fingerprint density at radius 3 is 2.48 bits per heavy atom. The first-order valence-electron chi connectivity index (χ1n) is 8.49. The highest BCUT2D eigenvalue weighted by Crippen LogP contribution is 2.19. The predicted octanol–water partition coefficient (Wildman–Crippen LogP) is 4.32. The van der Waals surface area contributed by atoms with Gasteiger partial charge in [0, 0.05) is 5.69 Å². The zero-order chi connectivity index (χ0) is 19.0. The van der Waals surface area contributed by atoms with Gasteiger partial charge in [-0.25, -0.2) is 4.98 Å². The second-order valence-corrected chi connectivity index (χ2v) is 7.17. The van der Waals surface area contributed by atoms with Crippen LogP contribution in [0.4, 0.5) is 5.69 Å². The zero-order valence-corrected chi connectivity index (χ0v) is 15.7. The Morgan fingerprint density at radius 2 is 1.78 bits per heavy atom. The van der Waals surface area contributed by atoms with E-state index in [0.29, 0.717) is 33.0 Å². The molecule has 0 saturated carbocycles. The first kappa shape index (κ1) is 17.2. The summed E-state index contributed by atoms with van der Waals surface area (Å²) in [6.45, 7) is 3.72. The molecule has 134 valence electrons. The quantitative estimate of drug-likeness (QED) is 0.580. The van der Waals surface area contributed by atoms with E-state index in [-0.39, 0.29) is 11.5 Å². The molecule has 27 heavy (non-hydrogen) atoms. The van der Waals surface area contributed by atoms with Crippen LogP contribution in [0.1, 0.15) is 21.1 Å². The standard InChI is InChI=1S/C21H17N3O2S/c1-13-11-12-27-19(13)20(25)23-15-7-9-16(10-8-15)24-14(2)22-18-6-4-3-5-17(18)21(24)26/h3-12H,1-2H3,(H,23,25). The van der Waals surface area contributed by atoms with Crippen LogP contribution in [0.2, 0.25) is 0 Å². The Balaban J connectivity index is 1.67. The van der Waals surface area contributed by atoms with Crippen LogP contribution in [0.25, 0.3) is 16.6 Å². The molecular formula is C21H17N3O2S. The highest BCUT2D eigenvalue weighted by Gasteiger charge is 2.12. The molecule has 2 aromatic heterocycles. The second kappa shape index (κ2) is 6.81. The minimum atomic E-state index is -0.129. The molecule has 5 nitrogen and oxygen atoms in total. The van der Waals surface area contributed by atoms with E-state index in [0.717, 1.165) is 5.56 Å². The fraction of sp³-hybridized carbons (Fsp3) is 0.0952. The minimum absolute atomic E-state index is 0.107. The molecule has 1 N–H and O–H groups in total. The number of nitrogens with one attached hydrogen (secondary N) is 1. The lowest BCUT2D eigenvalue weighted by Gasteiger charge is -2.12. The summed E-state index contributed by atoms with van der Waals surface area (Å²) in [5, 5.41) is 5.37. The van der Waals surface area contributed by atoms with Crippen molar-refractivity contribution in [1.29, 1.82) is 0 Å². The van der Waals surface area contributed by atoms with E-state index in [1.807, 2.05) is 55.6 Å². The Hall–Kier alpha value is -3.25. The second-order valence-electron chi connectivity index (χ2n) is 6.25. The summed E-state index contributed by atoms with van der Waals surface area (Å²) in [5.41, 5.74) is 2.92. The van der Waals surface area contributed by atoms with Gasteiger partial charge in [0.1, 0.15) is 5.82 Å². The fourth-order valence-corrected chi connectivity index (χ4v) is 3.86. The Bertz CT molecular complexity index is 1210. The van der Waals surface area contributed by atoms with E-state index in [1.165, 1.54) is 11.3 Å². The number of amides is 1. The van der Waals surface area contributed by atoms with Crippen LogP contribution >= 0.6 is 11.3 Å². The van der Waals surface area contributed by atoms with Crippen molar-refractivity contribution in [2.24, 2.45) is 0 Å². The fourth-order valence-electron chi connectivity index (χ4n) is 3.03. The van der Waals surface area contributed by atoms with Crippen molar-refractivity contribution >= 4 is 33.8 Å². The van der Waals surface area contributed by atoms with Crippen molar-refractivity contribution in [2.75, 3.05) is 5.32 Å². The lowest BCUT2D eigenvalue weighted by Crippen LogP contribution is -2.22. The van der Waals surface area contributed by atoms with Gasteiger partial charge >= 0.3 is 0 Å². The van der Waals surface area contributed by atoms with Gasteiger partial charge in [-0.05, 0) is 67.3 Å². The summed E-state index contributed by atoms with van der Waals surface area (Å²) in [6.07, 6.45) is 0. The third kappa shape index (κ3) is 3.15. The maximum Gasteiger partial charge on any atom is 0.265 e. The van der Waals surface area contributed by atoms with E-state index in [4.69, 9.17) is 0 Å². The number of hydrogen-bond acceptors (Lipinski definition) is 4. The topological polar surface area (TPSA) is 64.0 Å². The minimum Gasteiger partial charge on any atom is -0.321 e. The van der Waals surface area contributed by atoms with Crippen molar-refractivity contribution < 1.29 is 4.79 Å². The summed E-state index contributed by atoms with van der Waals surface area (Å²) in [7, 11) is 0. The van der Waals surface area contributed by atoms with Crippen molar-refractivity contribution in [2.45, 2.75) is 13.8 Å². The van der Waals surface area contributed by atoms with E-state index in [9.17, 15) is 9.59 Å². The van der Waals surface area contributed by atoms with E-state index < -0.39 is 0 Å². The average molecular weight is 375 g/mol. The Labute approximate surface area is 159 Å². The van der Waals surface area contributed by atoms with Crippen molar-refractivity contribution in [3.63, 3.8) is 0 Å². The SMILES string of the molecule is Cc1ccsc1C(=O)Nc1ccc(-n2c(C)nc3ccccc3c2=O)cc1. The average Bonchev–Trinajstić information content (AvgIpc) is 3.09. The predicted molar refractivity (Wildman–Crippen MR) is 109 cm³/mol. The maximum atomic E-state index is 12.9. The van der Waals surface area contributed by atoms with Gasteiger partial charge in [-0.15, -0.1) is 11.3 Å². The molecular weight excluding hydrogens is 358 g/mol. The van der Waals surface area contributed by atoms with Gasteiger partial charge in [-0.3, -0.25) is 14.2 Å². The number of carbonyl (C=O) groups excluding carboxylic acids is 1. The number of aromatic nitrogens is 2. The number of anilines is 1. The molecule has 0 aliphatic carbocycles. The molecule has 0 fully saturated rings. The van der Waals surface area contributed by atoms with Crippen molar-refractivity contribution in [3.8, 4) is 5.69 Å². The number of benzene rings is 2. The number of hydrogen-bond donors (Lipinski definition) is 1. The number of aryl methyl sites for hydroxylation is 2. The van der Waals surface area contributed by atoms with Gasteiger partial charge in [-0.1, -0.05) is 12.1 Å². The summed E-state index contributed by atoms with van der Waals surface area (Å²) < 4.78 is 1.58. The molecule has 4 aromatic rings.